The van der Waals surface area contributed by atoms with E-state index in [2.05, 4.69) is 12.6 Å². The highest BCUT2D eigenvalue weighted by atomic mass is 32.1. The highest BCUT2D eigenvalue weighted by Gasteiger charge is 2.30. The van der Waals surface area contributed by atoms with Crippen molar-refractivity contribution in [2.45, 2.75) is 24.2 Å². The van der Waals surface area contributed by atoms with Crippen molar-refractivity contribution >= 4 is 18.6 Å². The van der Waals surface area contributed by atoms with E-state index in [0.717, 1.165) is 0 Å². The van der Waals surface area contributed by atoms with Gasteiger partial charge in [-0.1, -0.05) is 0 Å². The molecular formula is C6H12O4S. The third-order valence-corrected chi connectivity index (χ3v) is 1.68. The molecule has 0 rings (SSSR count). The Morgan fingerprint density at radius 1 is 1.73 bits per heavy atom. The first-order chi connectivity index (χ1) is 4.90. The number of aliphatic carboxylic acids is 1. The van der Waals surface area contributed by atoms with E-state index in [0.29, 0.717) is 0 Å². The monoisotopic (exact) mass is 180 g/mol. The van der Waals surface area contributed by atoms with Gasteiger partial charge in [0, 0.05) is 6.42 Å². The number of thiol groups is 1. The van der Waals surface area contributed by atoms with Gasteiger partial charge in [-0.05, 0) is 6.92 Å². The van der Waals surface area contributed by atoms with Crippen molar-refractivity contribution in [1.29, 1.82) is 0 Å². The van der Waals surface area contributed by atoms with Crippen LogP contribution in [0.1, 0.15) is 13.3 Å². The fourth-order valence-electron chi connectivity index (χ4n) is 0.611. The smallest absolute Gasteiger partial charge is 0.319 e. The summed E-state index contributed by atoms with van der Waals surface area (Å²) < 4.78 is -1.28. The first kappa shape index (κ1) is 10.7. The molecule has 2 atom stereocenters. The molecule has 0 fully saturated rings. The molecule has 0 aliphatic carbocycles. The third-order valence-electron chi connectivity index (χ3n) is 1.30. The maximum atomic E-state index is 10.4. The number of rotatable bonds is 4. The molecule has 5 heteroatoms. The van der Waals surface area contributed by atoms with Gasteiger partial charge in [0.15, 0.2) is 0 Å². The predicted octanol–water partition coefficient (Wildman–Crippen LogP) is -0.497. The van der Waals surface area contributed by atoms with Crippen LogP contribution in [0.25, 0.3) is 0 Å². The molecule has 11 heavy (non-hydrogen) atoms. The van der Waals surface area contributed by atoms with Crippen molar-refractivity contribution in [3.8, 4) is 0 Å². The number of carboxylic acids is 1. The molecular weight excluding hydrogens is 168 g/mol. The van der Waals surface area contributed by atoms with Crippen LogP contribution in [0.15, 0.2) is 0 Å². The summed E-state index contributed by atoms with van der Waals surface area (Å²) in [6.07, 6.45) is -1.09. The van der Waals surface area contributed by atoms with Gasteiger partial charge in [0.2, 0.25) is 0 Å². The van der Waals surface area contributed by atoms with E-state index < -0.39 is 23.4 Å². The summed E-state index contributed by atoms with van der Waals surface area (Å²) in [5.74, 6) is -1.10. The van der Waals surface area contributed by atoms with Gasteiger partial charge >= 0.3 is 5.97 Å². The zero-order valence-corrected chi connectivity index (χ0v) is 7.08. The van der Waals surface area contributed by atoms with Gasteiger partial charge in [0.1, 0.15) is 4.75 Å². The molecule has 0 aromatic carbocycles. The highest BCUT2D eigenvalue weighted by Crippen LogP contribution is 2.20. The van der Waals surface area contributed by atoms with Gasteiger partial charge in [0.25, 0.3) is 0 Å². The maximum Gasteiger partial charge on any atom is 0.319 e. The molecule has 0 saturated carbocycles. The minimum atomic E-state index is -1.28. The average Bonchev–Trinajstić information content (AvgIpc) is 1.86. The summed E-state index contributed by atoms with van der Waals surface area (Å²) in [5.41, 5.74) is 0. The minimum Gasteiger partial charge on any atom is -0.480 e. The topological polar surface area (TPSA) is 77.8 Å². The molecule has 3 N–H and O–H groups in total. The van der Waals surface area contributed by atoms with E-state index in [9.17, 15) is 4.79 Å². The lowest BCUT2D eigenvalue weighted by Gasteiger charge is -2.20. The van der Waals surface area contributed by atoms with E-state index in [1.165, 1.54) is 6.92 Å². The second-order valence-electron chi connectivity index (χ2n) is 2.62. The van der Waals surface area contributed by atoms with Crippen LogP contribution in [-0.4, -0.2) is 38.7 Å². The van der Waals surface area contributed by atoms with Crippen LogP contribution in [0.5, 0.6) is 0 Å². The SMILES string of the molecule is CC(S)(CC(O)CO)C(=O)O. The summed E-state index contributed by atoms with van der Waals surface area (Å²) in [4.78, 5) is 10.4. The van der Waals surface area contributed by atoms with Gasteiger partial charge in [-0.25, -0.2) is 0 Å². The molecule has 0 aliphatic heterocycles. The van der Waals surface area contributed by atoms with E-state index in [4.69, 9.17) is 15.3 Å². The summed E-state index contributed by atoms with van der Waals surface area (Å²) in [6.45, 7) is 0.931. The molecule has 0 radical (unpaired) electrons. The summed E-state index contributed by atoms with van der Waals surface area (Å²) in [6, 6.07) is 0. The number of carbonyl (C=O) groups is 1. The molecule has 0 aliphatic rings. The normalized spacial score (nSPS) is 18.9. The second-order valence-corrected chi connectivity index (χ2v) is 3.61. The van der Waals surface area contributed by atoms with Crippen molar-refractivity contribution in [1.82, 2.24) is 0 Å². The van der Waals surface area contributed by atoms with Crippen LogP contribution in [-0.2, 0) is 4.79 Å². The highest BCUT2D eigenvalue weighted by molar-refractivity contribution is 7.82. The van der Waals surface area contributed by atoms with Gasteiger partial charge in [-0.3, -0.25) is 4.79 Å². The fourth-order valence-corrected chi connectivity index (χ4v) is 0.821. The lowest BCUT2D eigenvalue weighted by molar-refractivity contribution is -0.140. The quantitative estimate of drug-likeness (QED) is 0.440. The zero-order valence-electron chi connectivity index (χ0n) is 6.19. The number of hydrogen-bond donors (Lipinski definition) is 4. The third kappa shape index (κ3) is 3.60. The minimum absolute atomic E-state index is 0.0675. The van der Waals surface area contributed by atoms with E-state index in [-0.39, 0.29) is 6.42 Å². The number of hydrogen-bond acceptors (Lipinski definition) is 4. The van der Waals surface area contributed by atoms with E-state index in [1.807, 2.05) is 0 Å². The molecule has 4 nitrogen and oxygen atoms in total. The molecule has 0 aromatic rings. The lowest BCUT2D eigenvalue weighted by atomic mass is 10.0. The van der Waals surface area contributed by atoms with Gasteiger partial charge in [0.05, 0.1) is 12.7 Å². The van der Waals surface area contributed by atoms with Crippen LogP contribution in [0, 0.1) is 0 Å². The predicted molar refractivity (Wildman–Crippen MR) is 42.7 cm³/mol. The number of aliphatic hydroxyl groups excluding tert-OH is 2. The Hall–Kier alpha value is -0.260. The zero-order chi connectivity index (χ0) is 9.07. The Balaban J connectivity index is 4.01. The van der Waals surface area contributed by atoms with Crippen LogP contribution >= 0.6 is 12.6 Å². The molecule has 0 heterocycles. The molecule has 0 spiro atoms. The molecule has 0 amide bonds. The molecule has 0 bridgehead atoms. The van der Waals surface area contributed by atoms with Crippen molar-refractivity contribution in [3.05, 3.63) is 0 Å². The van der Waals surface area contributed by atoms with Crippen LogP contribution < -0.4 is 0 Å². The van der Waals surface area contributed by atoms with Crippen molar-refractivity contribution in [2.75, 3.05) is 6.61 Å². The van der Waals surface area contributed by atoms with Crippen molar-refractivity contribution < 1.29 is 20.1 Å². The van der Waals surface area contributed by atoms with Gasteiger partial charge in [-0.2, -0.15) is 12.6 Å². The summed E-state index contributed by atoms with van der Waals surface area (Å²) in [7, 11) is 0. The summed E-state index contributed by atoms with van der Waals surface area (Å²) in [5, 5.41) is 25.8. The average molecular weight is 180 g/mol. The molecule has 66 valence electrons. The first-order valence-corrected chi connectivity index (χ1v) is 3.59. The Bertz CT molecular complexity index is 146. The Morgan fingerprint density at radius 3 is 2.45 bits per heavy atom. The van der Waals surface area contributed by atoms with E-state index in [1.54, 1.807) is 0 Å². The number of carboxylic acid groups (broad SMARTS) is 1. The molecule has 0 aromatic heterocycles. The fraction of sp³-hybridized carbons (Fsp3) is 0.833. The van der Waals surface area contributed by atoms with Crippen molar-refractivity contribution in [2.24, 2.45) is 0 Å². The lowest BCUT2D eigenvalue weighted by Crippen LogP contribution is -2.34. The first-order valence-electron chi connectivity index (χ1n) is 3.15. The Morgan fingerprint density at radius 2 is 2.18 bits per heavy atom. The summed E-state index contributed by atoms with van der Waals surface area (Å²) >= 11 is 3.80. The molecule has 0 saturated heterocycles. The van der Waals surface area contributed by atoms with Crippen LogP contribution in [0.4, 0.5) is 0 Å². The van der Waals surface area contributed by atoms with Gasteiger partial charge < -0.3 is 15.3 Å². The maximum absolute atomic E-state index is 10.4. The van der Waals surface area contributed by atoms with Crippen LogP contribution in [0.3, 0.4) is 0 Å². The molecule has 2 unspecified atom stereocenters. The standard InChI is InChI=1S/C6H12O4S/c1-6(11,5(9)10)2-4(8)3-7/h4,7-8,11H,2-3H2,1H3,(H,9,10). The van der Waals surface area contributed by atoms with E-state index >= 15 is 0 Å². The Labute approximate surface area is 70.3 Å². The van der Waals surface area contributed by atoms with Crippen LogP contribution in [0.2, 0.25) is 0 Å². The van der Waals surface area contributed by atoms with Crippen molar-refractivity contribution in [3.63, 3.8) is 0 Å². The second kappa shape index (κ2) is 3.94. The number of aliphatic hydroxyl groups is 2. The Kier molecular flexibility index (Phi) is 3.85. The van der Waals surface area contributed by atoms with Gasteiger partial charge in [-0.15, -0.1) is 0 Å². The largest absolute Gasteiger partial charge is 0.480 e.